The van der Waals surface area contributed by atoms with E-state index in [0.717, 1.165) is 23.5 Å². The average Bonchev–Trinajstić information content (AvgIpc) is 2.73. The second-order valence-electron chi connectivity index (χ2n) is 6.12. The van der Waals surface area contributed by atoms with E-state index in [1.165, 1.54) is 0 Å². The Morgan fingerprint density at radius 1 is 1.21 bits per heavy atom. The molecule has 28 heavy (non-hydrogen) atoms. The number of hydrogen-bond acceptors (Lipinski definition) is 5. The van der Waals surface area contributed by atoms with Crippen molar-refractivity contribution in [2.75, 3.05) is 26.8 Å². The molecule has 2 heterocycles. The van der Waals surface area contributed by atoms with Crippen molar-refractivity contribution in [3.05, 3.63) is 48.2 Å². The van der Waals surface area contributed by atoms with Crippen LogP contribution < -0.4 is 24.8 Å². The number of guanidine groups is 1. The topological polar surface area (TPSA) is 77.0 Å². The van der Waals surface area contributed by atoms with Gasteiger partial charge < -0.3 is 24.8 Å². The molecule has 1 aromatic heterocycles. The van der Waals surface area contributed by atoms with Gasteiger partial charge in [-0.15, -0.1) is 24.0 Å². The fourth-order valence-electron chi connectivity index (χ4n) is 2.66. The van der Waals surface area contributed by atoms with Crippen LogP contribution in [0.15, 0.2) is 47.6 Å². The number of rotatable bonds is 7. The Kier molecular flexibility index (Phi) is 9.12. The summed E-state index contributed by atoms with van der Waals surface area (Å²) in [5.41, 5.74) is 0.986. The zero-order chi connectivity index (χ0) is 18.9. The number of aliphatic imine (C=N–C) groups is 1. The van der Waals surface area contributed by atoms with Crippen molar-refractivity contribution in [1.82, 2.24) is 15.6 Å². The van der Waals surface area contributed by atoms with Gasteiger partial charge in [-0.05, 0) is 24.6 Å². The number of nitrogens with one attached hydrogen (secondary N) is 2. The average molecular weight is 498 g/mol. The predicted molar refractivity (Wildman–Crippen MR) is 120 cm³/mol. The van der Waals surface area contributed by atoms with E-state index >= 15 is 0 Å². The van der Waals surface area contributed by atoms with Gasteiger partial charge in [-0.25, -0.2) is 4.98 Å². The largest absolute Gasteiger partial charge is 0.486 e. The summed E-state index contributed by atoms with van der Waals surface area (Å²) in [5, 5.41) is 6.56. The third-order valence-electron chi connectivity index (χ3n) is 4.03. The Morgan fingerprint density at radius 2 is 2.04 bits per heavy atom. The third kappa shape index (κ3) is 6.15. The lowest BCUT2D eigenvalue weighted by Gasteiger charge is -2.27. The molecule has 0 amide bonds. The Morgan fingerprint density at radius 3 is 2.82 bits per heavy atom. The lowest BCUT2D eigenvalue weighted by molar-refractivity contribution is 0.0936. The van der Waals surface area contributed by atoms with Crippen LogP contribution in [0.1, 0.15) is 18.9 Å². The minimum absolute atomic E-state index is 0. The summed E-state index contributed by atoms with van der Waals surface area (Å²) in [6, 6.07) is 11.6. The van der Waals surface area contributed by atoms with E-state index in [1.54, 1.807) is 13.2 Å². The molecule has 3 rings (SSSR count). The molecule has 2 aromatic rings. The molecule has 152 valence electrons. The molecule has 0 saturated heterocycles. The fourth-order valence-corrected chi connectivity index (χ4v) is 2.66. The second kappa shape index (κ2) is 11.6. The Balaban J connectivity index is 0.00000280. The molecule has 0 bridgehead atoms. The first-order valence-corrected chi connectivity index (χ1v) is 9.20. The monoisotopic (exact) mass is 498 g/mol. The highest BCUT2D eigenvalue weighted by atomic mass is 127. The van der Waals surface area contributed by atoms with E-state index in [2.05, 4.69) is 27.5 Å². The lowest BCUT2D eigenvalue weighted by Crippen LogP contribution is -2.45. The quantitative estimate of drug-likeness (QED) is 0.348. The van der Waals surface area contributed by atoms with E-state index in [4.69, 9.17) is 14.2 Å². The molecule has 0 saturated carbocycles. The Labute approximate surface area is 182 Å². The Hall–Kier alpha value is -2.23. The first-order valence-electron chi connectivity index (χ1n) is 9.20. The van der Waals surface area contributed by atoms with Crippen LogP contribution in [0.25, 0.3) is 0 Å². The van der Waals surface area contributed by atoms with E-state index in [-0.39, 0.29) is 30.1 Å². The molecular weight excluding hydrogens is 471 g/mol. The number of hydrogen-bond donors (Lipinski definition) is 2. The summed E-state index contributed by atoms with van der Waals surface area (Å²) in [6.45, 7) is 4.37. The summed E-state index contributed by atoms with van der Waals surface area (Å²) in [7, 11) is 1.74. The van der Waals surface area contributed by atoms with Gasteiger partial charge in [0.2, 0.25) is 5.88 Å². The van der Waals surface area contributed by atoms with Crippen molar-refractivity contribution < 1.29 is 14.2 Å². The van der Waals surface area contributed by atoms with Gasteiger partial charge in [-0.1, -0.05) is 25.1 Å². The van der Waals surface area contributed by atoms with Gasteiger partial charge in [0.15, 0.2) is 17.5 Å². The van der Waals surface area contributed by atoms with Crippen LogP contribution in [0, 0.1) is 0 Å². The van der Waals surface area contributed by atoms with Gasteiger partial charge in [0, 0.05) is 25.4 Å². The highest BCUT2D eigenvalue weighted by Crippen LogP contribution is 2.30. The number of ether oxygens (including phenoxy) is 3. The maximum atomic E-state index is 5.95. The van der Waals surface area contributed by atoms with Crippen molar-refractivity contribution in [2.24, 2.45) is 4.99 Å². The van der Waals surface area contributed by atoms with Crippen LogP contribution in [0.2, 0.25) is 0 Å². The summed E-state index contributed by atoms with van der Waals surface area (Å²) in [6.07, 6.45) is 2.60. The number of pyridine rings is 1. The van der Waals surface area contributed by atoms with Crippen molar-refractivity contribution in [1.29, 1.82) is 0 Å². The van der Waals surface area contributed by atoms with Crippen LogP contribution in [0.5, 0.6) is 17.4 Å². The van der Waals surface area contributed by atoms with Crippen molar-refractivity contribution in [3.63, 3.8) is 0 Å². The SMILES string of the molecule is CCCOc1ncccc1CNC(=NC)NCC1COc2ccccc2O1.I. The van der Waals surface area contributed by atoms with Crippen molar-refractivity contribution >= 4 is 29.9 Å². The highest BCUT2D eigenvalue weighted by molar-refractivity contribution is 14.0. The van der Waals surface area contributed by atoms with Gasteiger partial charge in [-0.3, -0.25) is 4.99 Å². The number of aromatic nitrogens is 1. The highest BCUT2D eigenvalue weighted by Gasteiger charge is 2.20. The first kappa shape index (κ1) is 22.1. The zero-order valence-corrected chi connectivity index (χ0v) is 18.5. The maximum Gasteiger partial charge on any atom is 0.218 e. The first-order chi connectivity index (χ1) is 13.3. The van der Waals surface area contributed by atoms with Gasteiger partial charge >= 0.3 is 0 Å². The molecule has 1 aliphatic heterocycles. The summed E-state index contributed by atoms with van der Waals surface area (Å²) in [4.78, 5) is 8.56. The number of fused-ring (bicyclic) bond motifs is 1. The maximum absolute atomic E-state index is 5.95. The second-order valence-corrected chi connectivity index (χ2v) is 6.12. The third-order valence-corrected chi connectivity index (χ3v) is 4.03. The zero-order valence-electron chi connectivity index (χ0n) is 16.2. The molecule has 8 heteroatoms. The smallest absolute Gasteiger partial charge is 0.218 e. The molecule has 0 spiro atoms. The van der Waals surface area contributed by atoms with Gasteiger partial charge in [0.05, 0.1) is 13.2 Å². The molecule has 0 fully saturated rings. The summed E-state index contributed by atoms with van der Waals surface area (Å²) in [5.74, 6) is 2.89. The molecule has 1 atom stereocenters. The number of benzene rings is 1. The predicted octanol–water partition coefficient (Wildman–Crippen LogP) is 2.99. The fraction of sp³-hybridized carbons (Fsp3) is 0.400. The molecule has 1 aromatic carbocycles. The van der Waals surface area contributed by atoms with E-state index in [1.807, 2.05) is 36.4 Å². The van der Waals surface area contributed by atoms with Crippen LogP contribution >= 0.6 is 24.0 Å². The standard InChI is InChI=1S/C20H26N4O3.HI/c1-3-11-25-19-15(7-6-10-22-19)12-23-20(21-2)24-13-16-14-26-17-8-4-5-9-18(17)27-16;/h4-10,16H,3,11-14H2,1-2H3,(H2,21,23,24);1H. The summed E-state index contributed by atoms with van der Waals surface area (Å²) >= 11 is 0. The van der Waals surface area contributed by atoms with Crippen LogP contribution in [0.4, 0.5) is 0 Å². The van der Waals surface area contributed by atoms with Crippen molar-refractivity contribution in [3.8, 4) is 17.4 Å². The minimum Gasteiger partial charge on any atom is -0.486 e. The van der Waals surface area contributed by atoms with Gasteiger partial charge in [0.1, 0.15) is 12.7 Å². The molecule has 0 aliphatic carbocycles. The number of nitrogens with zero attached hydrogens (tertiary/aromatic N) is 2. The summed E-state index contributed by atoms with van der Waals surface area (Å²) < 4.78 is 17.4. The van der Waals surface area contributed by atoms with Crippen LogP contribution in [0.3, 0.4) is 0 Å². The van der Waals surface area contributed by atoms with Crippen LogP contribution in [-0.2, 0) is 6.54 Å². The molecule has 1 unspecified atom stereocenters. The normalized spacial score (nSPS) is 15.4. The van der Waals surface area contributed by atoms with Crippen LogP contribution in [-0.4, -0.2) is 43.9 Å². The lowest BCUT2D eigenvalue weighted by atomic mass is 10.2. The van der Waals surface area contributed by atoms with E-state index in [0.29, 0.717) is 38.1 Å². The van der Waals surface area contributed by atoms with Gasteiger partial charge in [-0.2, -0.15) is 0 Å². The molecule has 1 aliphatic rings. The van der Waals surface area contributed by atoms with Crippen molar-refractivity contribution in [2.45, 2.75) is 26.0 Å². The number of para-hydroxylation sites is 2. The molecular formula is C20H27IN4O3. The molecule has 7 nitrogen and oxygen atoms in total. The molecule has 0 radical (unpaired) electrons. The Bertz CT molecular complexity index is 773. The van der Waals surface area contributed by atoms with E-state index < -0.39 is 0 Å². The molecule has 2 N–H and O–H groups in total. The minimum atomic E-state index is -0.0831. The number of halogens is 1. The van der Waals surface area contributed by atoms with E-state index in [9.17, 15) is 0 Å². The van der Waals surface area contributed by atoms with Gasteiger partial charge in [0.25, 0.3) is 0 Å².